The van der Waals surface area contributed by atoms with Crippen molar-refractivity contribution in [2.24, 2.45) is 0 Å². The molecule has 0 aliphatic heterocycles. The fourth-order valence-electron chi connectivity index (χ4n) is 2.03. The second-order valence-corrected chi connectivity index (χ2v) is 5.56. The van der Waals surface area contributed by atoms with Crippen molar-refractivity contribution in [2.45, 2.75) is 13.8 Å². The molecule has 0 spiro atoms. The van der Waals surface area contributed by atoms with Gasteiger partial charge in [0.25, 0.3) is 5.91 Å². The van der Waals surface area contributed by atoms with Crippen LogP contribution in [0.25, 0.3) is 0 Å². The van der Waals surface area contributed by atoms with E-state index in [2.05, 4.69) is 5.32 Å². The van der Waals surface area contributed by atoms with Gasteiger partial charge in [-0.1, -0.05) is 40.9 Å². The van der Waals surface area contributed by atoms with Gasteiger partial charge >= 0.3 is 0 Å². The molecule has 0 fully saturated rings. The molecule has 0 atom stereocenters. The maximum atomic E-state index is 12.3. The molecular weight excluding hydrogens is 309 g/mol. The van der Waals surface area contributed by atoms with Crippen molar-refractivity contribution in [1.29, 1.82) is 0 Å². The number of hydrogen-bond acceptors (Lipinski definition) is 2. The van der Waals surface area contributed by atoms with Crippen molar-refractivity contribution < 1.29 is 9.53 Å². The summed E-state index contributed by atoms with van der Waals surface area (Å²) in [5.74, 6) is 0.0924. The predicted octanol–water partition coefficient (Wildman–Crippen LogP) is 4.87. The molecular formula is C16H15Cl2NO2. The minimum atomic E-state index is -0.270. The van der Waals surface area contributed by atoms with Crippen molar-refractivity contribution in [2.75, 3.05) is 12.4 Å². The predicted molar refractivity (Wildman–Crippen MR) is 86.9 cm³/mol. The number of aryl methyl sites for hydroxylation is 2. The highest BCUT2D eigenvalue weighted by Gasteiger charge is 2.14. The van der Waals surface area contributed by atoms with Crippen LogP contribution in [0.15, 0.2) is 30.3 Å². The van der Waals surface area contributed by atoms with E-state index in [1.165, 1.54) is 19.2 Å². The van der Waals surface area contributed by atoms with E-state index in [4.69, 9.17) is 27.9 Å². The van der Waals surface area contributed by atoms with Crippen LogP contribution in [-0.4, -0.2) is 13.0 Å². The van der Waals surface area contributed by atoms with Gasteiger partial charge in [-0.15, -0.1) is 0 Å². The average molecular weight is 324 g/mol. The number of anilines is 1. The number of carbonyl (C=O) groups is 1. The van der Waals surface area contributed by atoms with Gasteiger partial charge in [-0.3, -0.25) is 4.79 Å². The molecule has 0 saturated heterocycles. The van der Waals surface area contributed by atoms with Crippen molar-refractivity contribution in [3.05, 3.63) is 57.1 Å². The second kappa shape index (κ2) is 6.37. The lowest BCUT2D eigenvalue weighted by molar-refractivity contribution is 0.102. The molecule has 1 amide bonds. The van der Waals surface area contributed by atoms with Gasteiger partial charge in [0.2, 0.25) is 0 Å². The molecule has 0 unspecified atom stereocenters. The Morgan fingerprint density at radius 3 is 2.24 bits per heavy atom. The van der Waals surface area contributed by atoms with Gasteiger partial charge in [-0.05, 0) is 37.6 Å². The fraction of sp³-hybridized carbons (Fsp3) is 0.188. The lowest BCUT2D eigenvalue weighted by Crippen LogP contribution is -2.13. The van der Waals surface area contributed by atoms with Gasteiger partial charge in [0.15, 0.2) is 5.75 Å². The number of benzene rings is 2. The summed E-state index contributed by atoms with van der Waals surface area (Å²) in [6.07, 6.45) is 0. The Labute approximate surface area is 133 Å². The van der Waals surface area contributed by atoms with E-state index in [0.29, 0.717) is 21.4 Å². The summed E-state index contributed by atoms with van der Waals surface area (Å²) in [6, 6.07) is 8.88. The first-order valence-corrected chi connectivity index (χ1v) is 7.09. The van der Waals surface area contributed by atoms with Gasteiger partial charge in [0, 0.05) is 11.3 Å². The number of rotatable bonds is 3. The number of halogens is 2. The SMILES string of the molecule is COc1c(Cl)cc(C(=O)Nc2ccc(C)cc2C)cc1Cl. The minimum Gasteiger partial charge on any atom is -0.494 e. The van der Waals surface area contributed by atoms with Gasteiger partial charge in [-0.2, -0.15) is 0 Å². The molecule has 3 nitrogen and oxygen atoms in total. The Morgan fingerprint density at radius 2 is 1.71 bits per heavy atom. The zero-order chi connectivity index (χ0) is 15.6. The minimum absolute atomic E-state index is 0.270. The Bertz CT molecular complexity index is 676. The quantitative estimate of drug-likeness (QED) is 0.874. The Morgan fingerprint density at radius 1 is 1.10 bits per heavy atom. The molecule has 2 aromatic carbocycles. The average Bonchev–Trinajstić information content (AvgIpc) is 2.41. The van der Waals surface area contributed by atoms with Crippen LogP contribution in [0.1, 0.15) is 21.5 Å². The highest BCUT2D eigenvalue weighted by Crippen LogP contribution is 2.34. The molecule has 0 aliphatic rings. The molecule has 0 aliphatic carbocycles. The maximum absolute atomic E-state index is 12.3. The van der Waals surface area contributed by atoms with E-state index < -0.39 is 0 Å². The van der Waals surface area contributed by atoms with Crippen molar-refractivity contribution in [3.8, 4) is 5.75 Å². The van der Waals surface area contributed by atoms with Gasteiger partial charge in [0.05, 0.1) is 17.2 Å². The van der Waals surface area contributed by atoms with Crippen LogP contribution in [-0.2, 0) is 0 Å². The number of carbonyl (C=O) groups excluding carboxylic acids is 1. The second-order valence-electron chi connectivity index (χ2n) is 4.75. The Balaban J connectivity index is 2.28. The molecule has 0 saturated carbocycles. The Kier molecular flexibility index (Phi) is 4.76. The first kappa shape index (κ1) is 15.7. The first-order chi connectivity index (χ1) is 9.92. The number of amides is 1. The van der Waals surface area contributed by atoms with Crippen molar-refractivity contribution >= 4 is 34.8 Å². The summed E-state index contributed by atoms with van der Waals surface area (Å²) in [6.45, 7) is 3.94. The fourth-order valence-corrected chi connectivity index (χ4v) is 2.68. The molecule has 21 heavy (non-hydrogen) atoms. The van der Waals surface area contributed by atoms with Crippen LogP contribution in [0, 0.1) is 13.8 Å². The number of nitrogens with one attached hydrogen (secondary N) is 1. The smallest absolute Gasteiger partial charge is 0.255 e. The monoisotopic (exact) mass is 323 g/mol. The van der Waals surface area contributed by atoms with E-state index in [-0.39, 0.29) is 5.91 Å². The highest BCUT2D eigenvalue weighted by atomic mass is 35.5. The summed E-state index contributed by atoms with van der Waals surface area (Å²) in [5.41, 5.74) is 3.27. The van der Waals surface area contributed by atoms with Crippen LogP contribution in [0.4, 0.5) is 5.69 Å². The standard InChI is InChI=1S/C16H15Cl2NO2/c1-9-4-5-14(10(2)6-9)19-16(20)11-7-12(17)15(21-3)13(18)8-11/h4-8H,1-3H3,(H,19,20). The van der Waals surface area contributed by atoms with E-state index in [1.54, 1.807) is 0 Å². The highest BCUT2D eigenvalue weighted by molar-refractivity contribution is 6.37. The summed E-state index contributed by atoms with van der Waals surface area (Å²) in [7, 11) is 1.47. The molecule has 2 aromatic rings. The zero-order valence-corrected chi connectivity index (χ0v) is 13.5. The third-order valence-corrected chi connectivity index (χ3v) is 3.66. The van der Waals surface area contributed by atoms with E-state index in [1.807, 2.05) is 32.0 Å². The van der Waals surface area contributed by atoms with Crippen LogP contribution < -0.4 is 10.1 Å². The molecule has 1 N–H and O–H groups in total. The zero-order valence-electron chi connectivity index (χ0n) is 12.0. The normalized spacial score (nSPS) is 10.3. The van der Waals surface area contributed by atoms with Crippen LogP contribution in [0.5, 0.6) is 5.75 Å². The van der Waals surface area contributed by atoms with E-state index in [9.17, 15) is 4.79 Å². The van der Waals surface area contributed by atoms with Crippen molar-refractivity contribution in [1.82, 2.24) is 0 Å². The topological polar surface area (TPSA) is 38.3 Å². The number of hydrogen-bond donors (Lipinski definition) is 1. The molecule has 5 heteroatoms. The largest absolute Gasteiger partial charge is 0.494 e. The lowest BCUT2D eigenvalue weighted by atomic mass is 10.1. The van der Waals surface area contributed by atoms with Gasteiger partial charge < -0.3 is 10.1 Å². The van der Waals surface area contributed by atoms with Gasteiger partial charge in [-0.25, -0.2) is 0 Å². The summed E-state index contributed by atoms with van der Waals surface area (Å²) in [5, 5.41) is 3.45. The molecule has 0 bridgehead atoms. The van der Waals surface area contributed by atoms with Crippen LogP contribution in [0.3, 0.4) is 0 Å². The number of ether oxygens (including phenoxy) is 1. The Hall–Kier alpha value is -1.71. The van der Waals surface area contributed by atoms with E-state index >= 15 is 0 Å². The van der Waals surface area contributed by atoms with Crippen LogP contribution >= 0.6 is 23.2 Å². The van der Waals surface area contributed by atoms with Crippen LogP contribution in [0.2, 0.25) is 10.0 Å². The summed E-state index contributed by atoms with van der Waals surface area (Å²) >= 11 is 12.1. The number of methoxy groups -OCH3 is 1. The molecule has 0 aromatic heterocycles. The molecule has 2 rings (SSSR count). The summed E-state index contributed by atoms with van der Waals surface area (Å²) < 4.78 is 5.07. The van der Waals surface area contributed by atoms with E-state index in [0.717, 1.165) is 16.8 Å². The maximum Gasteiger partial charge on any atom is 0.255 e. The molecule has 0 heterocycles. The van der Waals surface area contributed by atoms with Crippen molar-refractivity contribution in [3.63, 3.8) is 0 Å². The van der Waals surface area contributed by atoms with Gasteiger partial charge in [0.1, 0.15) is 0 Å². The first-order valence-electron chi connectivity index (χ1n) is 6.34. The lowest BCUT2D eigenvalue weighted by Gasteiger charge is -2.11. The molecule has 110 valence electrons. The third-order valence-electron chi connectivity index (χ3n) is 3.09. The third kappa shape index (κ3) is 3.49. The summed E-state index contributed by atoms with van der Waals surface area (Å²) in [4.78, 5) is 12.3. The molecule has 0 radical (unpaired) electrons.